The highest BCUT2D eigenvalue weighted by Gasteiger charge is 2.40. The van der Waals surface area contributed by atoms with Gasteiger partial charge in [-0.25, -0.2) is 40.2 Å². The summed E-state index contributed by atoms with van der Waals surface area (Å²) >= 11 is 1.72. The first-order valence-corrected chi connectivity index (χ1v) is 43.3. The Kier molecular flexibility index (Phi) is 34.9. The van der Waals surface area contributed by atoms with Gasteiger partial charge in [0, 0.05) is 33.3 Å². The van der Waals surface area contributed by atoms with E-state index in [0.29, 0.717) is 40.8 Å². The van der Waals surface area contributed by atoms with Gasteiger partial charge in [-0.2, -0.15) is 31.6 Å². The monoisotopic (exact) mass is 1670 g/mol. The molecule has 12 aromatic carbocycles. The van der Waals surface area contributed by atoms with E-state index in [4.69, 9.17) is 31.6 Å². The summed E-state index contributed by atoms with van der Waals surface area (Å²) < 4.78 is 75.1. The maximum atomic E-state index is 12.6. The molecular weight excluding hydrogens is 1580 g/mol. The molecule has 3 aromatic heterocycles. The number of hydrogen-bond donors (Lipinski definition) is 0. The van der Waals surface area contributed by atoms with Crippen molar-refractivity contribution >= 4 is 61.2 Å². The first-order chi connectivity index (χ1) is 57.7. The number of aromatic nitrogens is 4. The molecule has 121 heavy (non-hydrogen) atoms. The SMILES string of the molecule is CC1(C)c2ccccc2S(=O)(=O)c2ccccc21.Cc1ccc(C#N)c(C)c1.Cc1ccc(C#N)cc1.Cc1ccc(S(=O)(=O)c2ccccc2)cc1.Cc1cccc(C#N)c1.Cc1cccc(C#N)c1C.Cc1cccc(S(=O)(=O)c2ccccc2)c1.Cc1ccccc1C#N.Cc1cnc(C#N)c(C)n1.Cc1ncc2c(n1)sc1ccccc12. The molecule has 0 unspecified atom stereocenters. The fourth-order valence-corrected chi connectivity index (χ4v) is 17.6. The van der Waals surface area contributed by atoms with Crippen molar-refractivity contribution in [3.63, 3.8) is 0 Å². The summed E-state index contributed by atoms with van der Waals surface area (Å²) in [5.74, 6) is 0.837. The predicted octanol–water partition coefficient (Wildman–Crippen LogP) is 22.9. The summed E-state index contributed by atoms with van der Waals surface area (Å²) in [5.41, 5.74) is 17.1. The Labute approximate surface area is 716 Å². The molecule has 606 valence electrons. The second-order valence-electron chi connectivity index (χ2n) is 28.4. The van der Waals surface area contributed by atoms with Crippen molar-refractivity contribution in [2.45, 2.75) is 132 Å². The highest BCUT2D eigenvalue weighted by atomic mass is 32.2. The van der Waals surface area contributed by atoms with Gasteiger partial charge in [-0.3, -0.25) is 4.98 Å². The fraction of sp³-hybridized carbons (Fsp3) is 0.149. The summed E-state index contributed by atoms with van der Waals surface area (Å²) in [6, 6.07) is 100. The highest BCUT2D eigenvalue weighted by molar-refractivity contribution is 7.92. The molecular formula is C101H92N10O6S4. The van der Waals surface area contributed by atoms with Crippen molar-refractivity contribution in [2.24, 2.45) is 0 Å². The minimum Gasteiger partial charge on any atom is -0.254 e. The molecule has 0 atom stereocenters. The number of aryl methyl sites for hydroxylation is 11. The molecule has 16 rings (SSSR count). The lowest BCUT2D eigenvalue weighted by atomic mass is 9.78. The minimum atomic E-state index is -3.37. The van der Waals surface area contributed by atoms with E-state index in [1.54, 1.807) is 158 Å². The molecule has 0 fully saturated rings. The summed E-state index contributed by atoms with van der Waals surface area (Å²) in [5, 5.41) is 53.3. The molecule has 4 heterocycles. The van der Waals surface area contributed by atoms with Gasteiger partial charge in [-0.05, 0) is 237 Å². The molecule has 0 N–H and O–H groups in total. The van der Waals surface area contributed by atoms with Crippen LogP contribution in [0.5, 0.6) is 0 Å². The number of nitriles is 6. The van der Waals surface area contributed by atoms with Gasteiger partial charge in [-0.1, -0.05) is 213 Å². The van der Waals surface area contributed by atoms with Crippen LogP contribution in [0.1, 0.15) is 126 Å². The molecule has 0 saturated heterocycles. The summed E-state index contributed by atoms with van der Waals surface area (Å²) in [6.45, 7) is 27.3. The van der Waals surface area contributed by atoms with Crippen molar-refractivity contribution in [3.8, 4) is 36.4 Å². The molecule has 0 amide bonds. The average molecular weight is 1670 g/mol. The summed E-state index contributed by atoms with van der Waals surface area (Å²) in [6.07, 6.45) is 3.50. The standard InChI is InChI=1S/C15H14O2S.2C13H12O2S.C11H8N2S.2C9H9N.3C8H7N.C7H7N3/c1-15(2)11-7-3-5-9-13(11)18(16,17)14-10-6-4-8-12(14)15;1-11-6-5-9-13(10-11)16(14,15)12-7-3-2-4-8-12;1-11-7-9-13(10-8-11)16(14,15)12-5-3-2-4-6-12;1-7-12-6-9-8-4-2-3-5-10(8)14-11(9)13-7;1-7-3-4-9(6-10)8(2)5-7;1-7-4-3-5-9(6-10)8(7)2;1-7-2-4-8(6-9)5-3-7;1-7-3-2-4-8(5-7)6-9;1-7-4-2-3-5-8(7)6-9;1-5-4-9-7(3-8)6(2)10-5/h3-10H,1-2H3;2*2-10H,1H3;2-6H,1H3;2*3-5H,1-2H3;3*2-5H,1H3;4H,1-2H3. The third-order valence-electron chi connectivity index (χ3n) is 18.7. The average Bonchev–Trinajstić information content (AvgIpc) is 1.37. The van der Waals surface area contributed by atoms with Gasteiger partial charge in [0.15, 0.2) is 5.69 Å². The maximum absolute atomic E-state index is 12.6. The van der Waals surface area contributed by atoms with Crippen LogP contribution in [-0.2, 0) is 34.9 Å². The van der Waals surface area contributed by atoms with Crippen LogP contribution in [0.25, 0.3) is 20.3 Å². The Morgan fingerprint density at radius 1 is 0.347 bits per heavy atom. The van der Waals surface area contributed by atoms with Crippen LogP contribution in [-0.4, -0.2) is 45.2 Å². The van der Waals surface area contributed by atoms with E-state index in [0.717, 1.165) is 94.1 Å². The van der Waals surface area contributed by atoms with Crippen LogP contribution in [0.4, 0.5) is 0 Å². The molecule has 1 aliphatic heterocycles. The zero-order valence-electron chi connectivity index (χ0n) is 69.9. The number of nitrogens with zero attached hydrogens (tertiary/aromatic N) is 10. The molecule has 0 radical (unpaired) electrons. The van der Waals surface area contributed by atoms with Crippen LogP contribution in [0.2, 0.25) is 0 Å². The predicted molar refractivity (Wildman–Crippen MR) is 481 cm³/mol. The van der Waals surface area contributed by atoms with Crippen LogP contribution < -0.4 is 0 Å². The first kappa shape index (κ1) is 94.0. The third kappa shape index (κ3) is 26.7. The van der Waals surface area contributed by atoms with Crippen molar-refractivity contribution in [1.82, 2.24) is 19.9 Å². The van der Waals surface area contributed by atoms with Gasteiger partial charge < -0.3 is 0 Å². The van der Waals surface area contributed by atoms with E-state index in [1.807, 2.05) is 228 Å². The lowest BCUT2D eigenvalue weighted by Crippen LogP contribution is -2.29. The number of hydrogen-bond acceptors (Lipinski definition) is 17. The molecule has 0 saturated carbocycles. The fourth-order valence-electron chi connectivity index (χ4n) is 11.8. The minimum absolute atomic E-state index is 0.279. The molecule has 16 nitrogen and oxygen atoms in total. The van der Waals surface area contributed by atoms with E-state index in [-0.39, 0.29) is 5.41 Å². The molecule has 15 aromatic rings. The summed E-state index contributed by atoms with van der Waals surface area (Å²) in [7, 11) is -10.1. The number of sulfone groups is 3. The van der Waals surface area contributed by atoms with Gasteiger partial charge in [0.05, 0.1) is 98.9 Å². The first-order valence-electron chi connectivity index (χ1n) is 38.1. The van der Waals surface area contributed by atoms with E-state index in [9.17, 15) is 25.3 Å². The largest absolute Gasteiger partial charge is 0.254 e. The van der Waals surface area contributed by atoms with Gasteiger partial charge in [0.2, 0.25) is 29.5 Å². The normalized spacial score (nSPS) is 11.2. The quantitative estimate of drug-likeness (QED) is 0.158. The number of thiophene rings is 1. The molecule has 20 heteroatoms. The topological polar surface area (TPSA) is 297 Å². The van der Waals surface area contributed by atoms with Crippen LogP contribution >= 0.6 is 11.3 Å². The molecule has 0 spiro atoms. The lowest BCUT2D eigenvalue weighted by Gasteiger charge is -2.34. The van der Waals surface area contributed by atoms with Gasteiger partial charge in [0.25, 0.3) is 0 Å². The van der Waals surface area contributed by atoms with Crippen molar-refractivity contribution < 1.29 is 25.3 Å². The van der Waals surface area contributed by atoms with Crippen molar-refractivity contribution in [2.75, 3.05) is 0 Å². The van der Waals surface area contributed by atoms with Crippen LogP contribution in [0, 0.1) is 151 Å². The number of benzene rings is 12. The Morgan fingerprint density at radius 2 is 0.793 bits per heavy atom. The van der Waals surface area contributed by atoms with Crippen LogP contribution in [0.15, 0.2) is 333 Å². The maximum Gasteiger partial charge on any atom is 0.207 e. The van der Waals surface area contributed by atoms with Crippen LogP contribution in [0.3, 0.4) is 0 Å². The Morgan fingerprint density at radius 3 is 1.30 bits per heavy atom. The van der Waals surface area contributed by atoms with E-state index < -0.39 is 29.5 Å². The second-order valence-corrected chi connectivity index (χ2v) is 35.2. The zero-order valence-corrected chi connectivity index (χ0v) is 73.2. The second kappa shape index (κ2) is 44.9. The Hall–Kier alpha value is -14.2. The Bertz CT molecular complexity index is 6600. The van der Waals surface area contributed by atoms with Gasteiger partial charge >= 0.3 is 0 Å². The number of fused-ring (bicyclic) bond motifs is 5. The number of rotatable bonds is 4. The van der Waals surface area contributed by atoms with E-state index >= 15 is 0 Å². The van der Waals surface area contributed by atoms with Crippen molar-refractivity contribution in [3.05, 3.63) is 416 Å². The zero-order chi connectivity index (χ0) is 88.5. The Balaban J connectivity index is 0.000000187. The van der Waals surface area contributed by atoms with E-state index in [2.05, 4.69) is 82.3 Å². The molecule has 1 aliphatic rings. The molecule has 0 bridgehead atoms. The highest BCUT2D eigenvalue weighted by Crippen LogP contribution is 2.45. The third-order valence-corrected chi connectivity index (χ3v) is 25.2. The lowest BCUT2D eigenvalue weighted by molar-refractivity contribution is 0.555. The van der Waals surface area contributed by atoms with Gasteiger partial charge in [-0.15, -0.1) is 11.3 Å². The summed E-state index contributed by atoms with van der Waals surface area (Å²) in [4.78, 5) is 19.9. The van der Waals surface area contributed by atoms with E-state index in [1.165, 1.54) is 26.8 Å². The van der Waals surface area contributed by atoms with Crippen molar-refractivity contribution in [1.29, 1.82) is 31.6 Å². The van der Waals surface area contributed by atoms with Gasteiger partial charge in [0.1, 0.15) is 16.7 Å². The molecule has 0 aliphatic carbocycles. The smallest absolute Gasteiger partial charge is 0.207 e.